The fraction of sp³-hybridized carbons (Fsp3) is 0.300. The van der Waals surface area contributed by atoms with Crippen molar-refractivity contribution >= 4 is 33.3 Å². The minimum absolute atomic E-state index is 0.0311. The summed E-state index contributed by atoms with van der Waals surface area (Å²) in [5, 5.41) is 2.93. The molecule has 2 aromatic rings. The smallest absolute Gasteiger partial charge is 0.235 e. The number of halogens is 1. The number of methoxy groups -OCH3 is 2. The third kappa shape index (κ3) is 5.08. The van der Waals surface area contributed by atoms with Crippen LogP contribution < -0.4 is 14.8 Å². The first-order valence-electron chi connectivity index (χ1n) is 8.19. The van der Waals surface area contributed by atoms with Crippen LogP contribution in [0.25, 0.3) is 0 Å². The first-order chi connectivity index (χ1) is 12.5. The van der Waals surface area contributed by atoms with Crippen molar-refractivity contribution in [2.24, 2.45) is 0 Å². The van der Waals surface area contributed by atoms with Gasteiger partial charge in [0.05, 0.1) is 25.2 Å². The molecule has 2 rings (SSSR count). The lowest BCUT2D eigenvalue weighted by Crippen LogP contribution is -2.15. The molecule has 0 atom stereocenters. The topological polar surface area (TPSA) is 64.6 Å². The molecular formula is C20H22BrNO4. The van der Waals surface area contributed by atoms with E-state index in [4.69, 9.17) is 9.47 Å². The summed E-state index contributed by atoms with van der Waals surface area (Å²) in [6, 6.07) is 11.0. The highest BCUT2D eigenvalue weighted by molar-refractivity contribution is 9.09. The molecule has 0 spiro atoms. The third-order valence-corrected chi connectivity index (χ3v) is 4.50. The Balaban J connectivity index is 2.18. The summed E-state index contributed by atoms with van der Waals surface area (Å²) in [5.74, 6) is 1.17. The monoisotopic (exact) mass is 419 g/mol. The van der Waals surface area contributed by atoms with Crippen LogP contribution in [0.15, 0.2) is 36.4 Å². The summed E-state index contributed by atoms with van der Waals surface area (Å²) >= 11 is 3.12. The van der Waals surface area contributed by atoms with Crippen LogP contribution in [-0.4, -0.2) is 31.2 Å². The van der Waals surface area contributed by atoms with Gasteiger partial charge < -0.3 is 14.8 Å². The molecule has 0 unspecified atom stereocenters. The number of hydrogen-bond donors (Lipinski definition) is 1. The van der Waals surface area contributed by atoms with E-state index in [0.29, 0.717) is 35.6 Å². The number of ether oxygens (including phenoxy) is 2. The van der Waals surface area contributed by atoms with Crippen molar-refractivity contribution < 1.29 is 19.1 Å². The zero-order valence-corrected chi connectivity index (χ0v) is 16.7. The van der Waals surface area contributed by atoms with E-state index >= 15 is 0 Å². The number of aryl methyl sites for hydroxylation is 2. The van der Waals surface area contributed by atoms with Crippen molar-refractivity contribution in [3.05, 3.63) is 53.1 Å². The Kier molecular flexibility index (Phi) is 7.21. The molecule has 0 aromatic heterocycles. The maximum Gasteiger partial charge on any atom is 0.235 e. The molecule has 0 saturated carbocycles. The van der Waals surface area contributed by atoms with E-state index in [1.807, 2.05) is 25.1 Å². The Hall–Kier alpha value is -2.34. The van der Waals surface area contributed by atoms with Gasteiger partial charge in [-0.1, -0.05) is 33.6 Å². The highest BCUT2D eigenvalue weighted by Gasteiger charge is 2.15. The van der Waals surface area contributed by atoms with E-state index in [1.54, 1.807) is 32.4 Å². The highest BCUT2D eigenvalue weighted by Crippen LogP contribution is 2.27. The van der Waals surface area contributed by atoms with E-state index in [2.05, 4.69) is 21.2 Å². The summed E-state index contributed by atoms with van der Waals surface area (Å²) in [4.78, 5) is 24.4. The molecule has 1 amide bonds. The highest BCUT2D eigenvalue weighted by atomic mass is 79.9. The molecule has 0 heterocycles. The number of carbonyl (C=O) groups excluding carboxylic acids is 2. The molecule has 0 aliphatic heterocycles. The molecule has 1 N–H and O–H groups in total. The summed E-state index contributed by atoms with van der Waals surface area (Å²) < 4.78 is 10.6. The average molecular weight is 420 g/mol. The normalized spacial score (nSPS) is 10.3. The number of alkyl halides is 1. The number of rotatable bonds is 8. The van der Waals surface area contributed by atoms with Gasteiger partial charge in [-0.3, -0.25) is 9.59 Å². The Bertz CT molecular complexity index is 804. The standard InChI is InChI=1S/C20H22BrNO4/c1-13-4-8-17(22-20(24)12-21)16(10-13)18(23)9-6-14-5-7-15(25-2)11-19(14)26-3/h4-5,7-8,10-11H,6,9,12H2,1-3H3,(H,22,24). The van der Waals surface area contributed by atoms with Crippen LogP contribution in [0, 0.1) is 6.92 Å². The fourth-order valence-corrected chi connectivity index (χ4v) is 2.76. The van der Waals surface area contributed by atoms with Crippen LogP contribution in [-0.2, 0) is 11.2 Å². The Morgan fingerprint density at radius 1 is 1.08 bits per heavy atom. The van der Waals surface area contributed by atoms with Crippen molar-refractivity contribution in [2.75, 3.05) is 24.9 Å². The Morgan fingerprint density at radius 2 is 1.85 bits per heavy atom. The van der Waals surface area contributed by atoms with Crippen molar-refractivity contribution in [1.82, 2.24) is 0 Å². The maximum atomic E-state index is 12.8. The number of anilines is 1. The average Bonchev–Trinajstić information content (AvgIpc) is 2.67. The number of nitrogens with one attached hydrogen (secondary N) is 1. The first-order valence-corrected chi connectivity index (χ1v) is 9.31. The molecule has 0 aliphatic rings. The minimum Gasteiger partial charge on any atom is -0.497 e. The fourth-order valence-electron chi connectivity index (χ4n) is 2.62. The number of carbonyl (C=O) groups is 2. The number of amides is 1. The van der Waals surface area contributed by atoms with E-state index in [0.717, 1.165) is 11.1 Å². The van der Waals surface area contributed by atoms with Crippen molar-refractivity contribution in [2.45, 2.75) is 19.8 Å². The van der Waals surface area contributed by atoms with Gasteiger partial charge in [0.1, 0.15) is 11.5 Å². The van der Waals surface area contributed by atoms with Crippen LogP contribution in [0.3, 0.4) is 0 Å². The van der Waals surface area contributed by atoms with E-state index in [1.165, 1.54) is 0 Å². The van der Waals surface area contributed by atoms with E-state index in [-0.39, 0.29) is 17.0 Å². The Morgan fingerprint density at radius 3 is 2.50 bits per heavy atom. The van der Waals surface area contributed by atoms with Gasteiger partial charge in [0, 0.05) is 18.1 Å². The van der Waals surface area contributed by atoms with Crippen molar-refractivity contribution in [3.8, 4) is 11.5 Å². The van der Waals surface area contributed by atoms with Crippen molar-refractivity contribution in [1.29, 1.82) is 0 Å². The predicted molar refractivity (Wildman–Crippen MR) is 106 cm³/mol. The van der Waals surface area contributed by atoms with Gasteiger partial charge in [-0.25, -0.2) is 0 Å². The zero-order valence-electron chi connectivity index (χ0n) is 15.1. The first kappa shape index (κ1) is 20.0. The van der Waals surface area contributed by atoms with Crippen LogP contribution in [0.4, 0.5) is 5.69 Å². The van der Waals surface area contributed by atoms with Gasteiger partial charge in [0.25, 0.3) is 0 Å². The Labute approximate surface area is 161 Å². The second-order valence-corrected chi connectivity index (χ2v) is 6.39. The number of Topliss-reactive ketones (excluding diaryl/α,β-unsaturated/α-hetero) is 1. The molecular weight excluding hydrogens is 398 g/mol. The van der Waals surface area contributed by atoms with Crippen LogP contribution in [0.2, 0.25) is 0 Å². The van der Waals surface area contributed by atoms with Crippen LogP contribution in [0.5, 0.6) is 11.5 Å². The van der Waals surface area contributed by atoms with Gasteiger partial charge in [-0.15, -0.1) is 0 Å². The van der Waals surface area contributed by atoms with Gasteiger partial charge in [-0.2, -0.15) is 0 Å². The molecule has 0 saturated heterocycles. The zero-order chi connectivity index (χ0) is 19.1. The second kappa shape index (κ2) is 9.38. The van der Waals surface area contributed by atoms with Gasteiger partial charge in [0.2, 0.25) is 5.91 Å². The lowest BCUT2D eigenvalue weighted by atomic mass is 9.99. The van der Waals surface area contributed by atoms with E-state index in [9.17, 15) is 9.59 Å². The summed E-state index contributed by atoms with van der Waals surface area (Å²) in [7, 11) is 3.19. The number of hydrogen-bond acceptors (Lipinski definition) is 4. The van der Waals surface area contributed by atoms with Crippen LogP contribution in [0.1, 0.15) is 27.9 Å². The molecule has 2 aromatic carbocycles. The van der Waals surface area contributed by atoms with Gasteiger partial charge in [0.15, 0.2) is 5.78 Å². The second-order valence-electron chi connectivity index (χ2n) is 5.83. The largest absolute Gasteiger partial charge is 0.497 e. The third-order valence-electron chi connectivity index (χ3n) is 3.99. The lowest BCUT2D eigenvalue weighted by molar-refractivity contribution is -0.113. The molecule has 0 bridgehead atoms. The molecule has 0 radical (unpaired) electrons. The maximum absolute atomic E-state index is 12.8. The molecule has 138 valence electrons. The van der Waals surface area contributed by atoms with Gasteiger partial charge >= 0.3 is 0 Å². The lowest BCUT2D eigenvalue weighted by Gasteiger charge is -2.12. The number of ketones is 1. The summed E-state index contributed by atoms with van der Waals surface area (Å²) in [6.07, 6.45) is 0.842. The van der Waals surface area contributed by atoms with Gasteiger partial charge in [-0.05, 0) is 37.1 Å². The number of benzene rings is 2. The van der Waals surface area contributed by atoms with Crippen LogP contribution >= 0.6 is 15.9 Å². The molecule has 5 nitrogen and oxygen atoms in total. The molecule has 26 heavy (non-hydrogen) atoms. The summed E-state index contributed by atoms with van der Waals surface area (Å²) in [6.45, 7) is 1.92. The molecule has 0 aliphatic carbocycles. The van der Waals surface area contributed by atoms with Crippen molar-refractivity contribution in [3.63, 3.8) is 0 Å². The van der Waals surface area contributed by atoms with E-state index < -0.39 is 0 Å². The molecule has 6 heteroatoms. The quantitative estimate of drug-likeness (QED) is 0.515. The molecule has 0 fully saturated rings. The summed E-state index contributed by atoms with van der Waals surface area (Å²) in [5.41, 5.74) is 2.95. The predicted octanol–water partition coefficient (Wildman–Crippen LogP) is 4.16. The minimum atomic E-state index is -0.195. The SMILES string of the molecule is COc1ccc(CCC(=O)c2cc(C)ccc2NC(=O)CBr)c(OC)c1.